The molecule has 24 heavy (non-hydrogen) atoms. The third kappa shape index (κ3) is 2.80. The van der Waals surface area contributed by atoms with Crippen LogP contribution < -0.4 is 5.32 Å². The molecule has 2 fully saturated rings. The number of rotatable bonds is 4. The molecule has 0 radical (unpaired) electrons. The Labute approximate surface area is 143 Å². The maximum atomic E-state index is 12.3. The zero-order valence-corrected chi connectivity index (χ0v) is 14.1. The van der Waals surface area contributed by atoms with E-state index in [9.17, 15) is 19.5 Å². The number of hydrogen-bond donors (Lipinski definition) is 2. The van der Waals surface area contributed by atoms with Gasteiger partial charge in [0, 0.05) is 10.8 Å². The number of carboxylic acid groups (broad SMARTS) is 1. The van der Waals surface area contributed by atoms with Gasteiger partial charge in [0.05, 0.1) is 0 Å². The molecule has 2 N–H and O–H groups in total. The Balaban J connectivity index is 1.66. The number of hydrogen-bond acceptors (Lipinski definition) is 4. The first-order chi connectivity index (χ1) is 11.3. The Hall–Kier alpha value is -2.28. The van der Waals surface area contributed by atoms with E-state index in [2.05, 4.69) is 5.32 Å². The maximum Gasteiger partial charge on any atom is 0.327 e. The third-order valence-electron chi connectivity index (χ3n) is 4.20. The second-order valence-corrected chi connectivity index (χ2v) is 8.10. The third-order valence-corrected chi connectivity index (χ3v) is 5.77. The van der Waals surface area contributed by atoms with Gasteiger partial charge < -0.3 is 15.3 Å². The molecule has 2 aliphatic rings. The number of carbonyl (C=O) groups is 3. The number of amides is 2. The van der Waals surface area contributed by atoms with Gasteiger partial charge in [-0.25, -0.2) is 4.79 Å². The number of carbonyl (C=O) groups excluding carboxylic acids is 2. The van der Waals surface area contributed by atoms with E-state index in [1.165, 1.54) is 22.7 Å². The average molecular weight is 346 g/mol. The summed E-state index contributed by atoms with van der Waals surface area (Å²) in [6.45, 7) is 3.60. The molecule has 0 bridgehead atoms. The molecule has 0 spiro atoms. The van der Waals surface area contributed by atoms with Gasteiger partial charge in [0.15, 0.2) is 0 Å². The SMILES string of the molecule is CC1(C)S[C@H]2[C@H](NC(=O)/C=C/c3ccccc3)C(=O)N2[C@@H]1C(=O)O. The average Bonchev–Trinajstić information content (AvgIpc) is 2.80. The summed E-state index contributed by atoms with van der Waals surface area (Å²) in [5.41, 5.74) is 0.886. The fraction of sp³-hybridized carbons (Fsp3) is 0.353. The van der Waals surface area contributed by atoms with Crippen LogP contribution in [0, 0.1) is 0 Å². The molecule has 6 nitrogen and oxygen atoms in total. The molecule has 0 saturated carbocycles. The van der Waals surface area contributed by atoms with Crippen LogP contribution >= 0.6 is 11.8 Å². The summed E-state index contributed by atoms with van der Waals surface area (Å²) in [5.74, 6) is -1.72. The van der Waals surface area contributed by atoms with E-state index in [1.54, 1.807) is 19.9 Å². The van der Waals surface area contributed by atoms with E-state index < -0.39 is 22.8 Å². The van der Waals surface area contributed by atoms with Crippen LogP contribution in [0.4, 0.5) is 0 Å². The Morgan fingerprint density at radius 2 is 1.96 bits per heavy atom. The lowest BCUT2D eigenvalue weighted by Gasteiger charge is -2.43. The summed E-state index contributed by atoms with van der Waals surface area (Å²) in [7, 11) is 0. The molecule has 7 heteroatoms. The first-order valence-electron chi connectivity index (χ1n) is 7.58. The van der Waals surface area contributed by atoms with E-state index in [0.29, 0.717) is 0 Å². The van der Waals surface area contributed by atoms with Crippen molar-refractivity contribution in [3.05, 3.63) is 42.0 Å². The maximum absolute atomic E-state index is 12.3. The van der Waals surface area contributed by atoms with Crippen molar-refractivity contribution in [2.75, 3.05) is 0 Å². The van der Waals surface area contributed by atoms with Crippen LogP contribution in [0.1, 0.15) is 19.4 Å². The molecule has 0 unspecified atom stereocenters. The predicted molar refractivity (Wildman–Crippen MR) is 91.1 cm³/mol. The van der Waals surface area contributed by atoms with Crippen LogP contribution in [0.15, 0.2) is 36.4 Å². The van der Waals surface area contributed by atoms with Crippen LogP contribution in [0.5, 0.6) is 0 Å². The number of β-lactam (4-membered cyclic amide) rings is 1. The largest absolute Gasteiger partial charge is 0.480 e. The van der Waals surface area contributed by atoms with Crippen molar-refractivity contribution in [3.8, 4) is 0 Å². The van der Waals surface area contributed by atoms with Crippen molar-refractivity contribution >= 4 is 35.6 Å². The first kappa shape index (κ1) is 16.6. The van der Waals surface area contributed by atoms with Crippen LogP contribution in [0.2, 0.25) is 0 Å². The second kappa shape index (κ2) is 5.98. The van der Waals surface area contributed by atoms with Gasteiger partial charge >= 0.3 is 5.97 Å². The standard InChI is InChI=1S/C17H18N2O4S/c1-17(2)13(16(22)23)19-14(21)12(15(19)24-17)18-11(20)9-8-10-6-4-3-5-7-10/h3-9,12-13,15H,1-2H3,(H,18,20)(H,22,23)/b9-8+/t12-,13-,15+/m1/s1. The monoisotopic (exact) mass is 346 g/mol. The quantitative estimate of drug-likeness (QED) is 0.634. The highest BCUT2D eigenvalue weighted by molar-refractivity contribution is 8.01. The molecular formula is C17H18N2O4S. The summed E-state index contributed by atoms with van der Waals surface area (Å²) >= 11 is 1.41. The fourth-order valence-corrected chi connectivity index (χ4v) is 4.71. The van der Waals surface area contributed by atoms with Crippen molar-refractivity contribution < 1.29 is 19.5 Å². The summed E-state index contributed by atoms with van der Waals surface area (Å²) in [4.78, 5) is 37.1. The number of nitrogens with one attached hydrogen (secondary N) is 1. The number of thioether (sulfide) groups is 1. The van der Waals surface area contributed by atoms with E-state index in [4.69, 9.17) is 0 Å². The molecule has 1 aromatic carbocycles. The molecule has 2 saturated heterocycles. The molecule has 3 atom stereocenters. The van der Waals surface area contributed by atoms with Gasteiger partial charge in [-0.05, 0) is 25.5 Å². The van der Waals surface area contributed by atoms with Crippen LogP contribution in [0.25, 0.3) is 6.08 Å². The van der Waals surface area contributed by atoms with Crippen LogP contribution in [-0.4, -0.2) is 50.0 Å². The summed E-state index contributed by atoms with van der Waals surface area (Å²) < 4.78 is -0.592. The van der Waals surface area contributed by atoms with Gasteiger partial charge in [-0.3, -0.25) is 9.59 Å². The van der Waals surface area contributed by atoms with Gasteiger partial charge in [-0.15, -0.1) is 11.8 Å². The van der Waals surface area contributed by atoms with Gasteiger partial charge in [0.1, 0.15) is 17.5 Å². The predicted octanol–water partition coefficient (Wildman–Crippen LogP) is 1.33. The highest BCUT2D eigenvalue weighted by Gasteiger charge is 2.64. The molecular weight excluding hydrogens is 328 g/mol. The lowest BCUT2D eigenvalue weighted by Crippen LogP contribution is -2.70. The van der Waals surface area contributed by atoms with Gasteiger partial charge in [0.2, 0.25) is 11.8 Å². The molecule has 2 heterocycles. The van der Waals surface area contributed by atoms with Crippen molar-refractivity contribution in [3.63, 3.8) is 0 Å². The van der Waals surface area contributed by atoms with Crippen molar-refractivity contribution in [2.45, 2.75) is 36.1 Å². The summed E-state index contributed by atoms with van der Waals surface area (Å²) in [6, 6.07) is 7.82. The Bertz CT molecular complexity index is 717. The summed E-state index contributed by atoms with van der Waals surface area (Å²) in [5, 5.41) is 11.7. The van der Waals surface area contributed by atoms with E-state index in [1.807, 2.05) is 30.3 Å². The molecule has 126 valence electrons. The van der Waals surface area contributed by atoms with Gasteiger partial charge in [-0.1, -0.05) is 30.3 Å². The Morgan fingerprint density at radius 1 is 1.29 bits per heavy atom. The van der Waals surface area contributed by atoms with Gasteiger partial charge in [0.25, 0.3) is 0 Å². The minimum absolute atomic E-state index is 0.331. The molecule has 2 amide bonds. The molecule has 0 aromatic heterocycles. The number of benzene rings is 1. The Kier molecular flexibility index (Phi) is 4.13. The number of nitrogens with zero attached hydrogens (tertiary/aromatic N) is 1. The van der Waals surface area contributed by atoms with Crippen molar-refractivity contribution in [1.29, 1.82) is 0 Å². The minimum Gasteiger partial charge on any atom is -0.480 e. The lowest BCUT2D eigenvalue weighted by atomic mass is 9.96. The molecule has 3 rings (SSSR count). The highest BCUT2D eigenvalue weighted by atomic mass is 32.2. The van der Waals surface area contributed by atoms with E-state index >= 15 is 0 Å². The minimum atomic E-state index is -1.02. The van der Waals surface area contributed by atoms with Crippen LogP contribution in [-0.2, 0) is 14.4 Å². The first-order valence-corrected chi connectivity index (χ1v) is 8.45. The number of aliphatic carboxylic acids is 1. The topological polar surface area (TPSA) is 86.7 Å². The van der Waals surface area contributed by atoms with E-state index in [0.717, 1.165) is 5.56 Å². The fourth-order valence-electron chi connectivity index (χ4n) is 3.08. The van der Waals surface area contributed by atoms with E-state index in [-0.39, 0.29) is 17.2 Å². The zero-order valence-electron chi connectivity index (χ0n) is 13.3. The van der Waals surface area contributed by atoms with Gasteiger partial charge in [-0.2, -0.15) is 0 Å². The molecule has 1 aromatic rings. The van der Waals surface area contributed by atoms with Crippen LogP contribution in [0.3, 0.4) is 0 Å². The lowest BCUT2D eigenvalue weighted by molar-refractivity contribution is -0.160. The second-order valence-electron chi connectivity index (χ2n) is 6.33. The molecule has 0 aliphatic carbocycles. The normalized spacial score (nSPS) is 27.7. The molecule has 2 aliphatic heterocycles. The number of fused-ring (bicyclic) bond motifs is 1. The van der Waals surface area contributed by atoms with Crippen molar-refractivity contribution in [2.24, 2.45) is 0 Å². The Morgan fingerprint density at radius 3 is 2.58 bits per heavy atom. The summed E-state index contributed by atoms with van der Waals surface area (Å²) in [6.07, 6.45) is 3.05. The smallest absolute Gasteiger partial charge is 0.327 e. The number of carboxylic acids is 1. The zero-order chi connectivity index (χ0) is 17.5. The van der Waals surface area contributed by atoms with Crippen molar-refractivity contribution in [1.82, 2.24) is 10.2 Å². The highest BCUT2D eigenvalue weighted by Crippen LogP contribution is 2.50.